The fourth-order valence-corrected chi connectivity index (χ4v) is 0.995. The molecule has 1 unspecified atom stereocenters. The van der Waals surface area contributed by atoms with Gasteiger partial charge >= 0.3 is 0 Å². The van der Waals surface area contributed by atoms with E-state index in [1.165, 1.54) is 0 Å². The van der Waals surface area contributed by atoms with E-state index in [2.05, 4.69) is 23.5 Å². The van der Waals surface area contributed by atoms with E-state index >= 15 is 0 Å². The Morgan fingerprint density at radius 3 is 2.79 bits per heavy atom. The molecule has 2 N–H and O–H groups in total. The van der Waals surface area contributed by atoms with Gasteiger partial charge in [0.2, 0.25) is 5.91 Å². The molecule has 0 aromatic carbocycles. The summed E-state index contributed by atoms with van der Waals surface area (Å²) in [7, 11) is 0. The highest BCUT2D eigenvalue weighted by Gasteiger charge is 2.09. The topological polar surface area (TPSA) is 41.1 Å². The number of hydrogen-bond acceptors (Lipinski definition) is 2. The lowest BCUT2D eigenvalue weighted by atomic mass is 10.3. The summed E-state index contributed by atoms with van der Waals surface area (Å²) in [6.45, 7) is 5.40. The van der Waals surface area contributed by atoms with Crippen LogP contribution in [0.15, 0.2) is 0 Å². The van der Waals surface area contributed by atoms with Gasteiger partial charge < -0.3 is 10.6 Å². The third-order valence-corrected chi connectivity index (χ3v) is 1.94. The van der Waals surface area contributed by atoms with Gasteiger partial charge in [-0.05, 0) is 13.3 Å². The number of nitrogens with one attached hydrogen (secondary N) is 2. The van der Waals surface area contributed by atoms with Crippen molar-refractivity contribution >= 4 is 5.91 Å². The van der Waals surface area contributed by atoms with E-state index in [1.807, 2.05) is 6.92 Å². The largest absolute Gasteiger partial charge is 0.355 e. The summed E-state index contributed by atoms with van der Waals surface area (Å²) >= 11 is 0. The number of rotatable bonds is 7. The number of carbonyl (C=O) groups excluding carboxylic acids is 1. The molecule has 3 heteroatoms. The van der Waals surface area contributed by atoms with Gasteiger partial charge in [-0.2, -0.15) is 0 Å². The molecule has 0 aliphatic heterocycles. The summed E-state index contributed by atoms with van der Waals surface area (Å²) in [4.78, 5) is 11.4. The fourth-order valence-electron chi connectivity index (χ4n) is 0.995. The molecule has 0 saturated carbocycles. The molecule has 0 aromatic heterocycles. The normalized spacial score (nSPS) is 11.8. The van der Waals surface area contributed by atoms with E-state index in [0.29, 0.717) is 13.0 Å². The molecule has 0 rings (SSSR count). The van der Waals surface area contributed by atoms with Gasteiger partial charge in [-0.25, -0.2) is 0 Å². The zero-order chi connectivity index (χ0) is 10.8. The Morgan fingerprint density at radius 2 is 2.21 bits per heavy atom. The van der Waals surface area contributed by atoms with Crippen LogP contribution >= 0.6 is 0 Å². The molecular formula is C11H20N2O. The molecule has 0 aromatic rings. The predicted octanol–water partition coefficient (Wildman–Crippen LogP) is 0.904. The summed E-state index contributed by atoms with van der Waals surface area (Å²) in [5, 5.41) is 5.91. The van der Waals surface area contributed by atoms with Gasteiger partial charge in [-0.1, -0.05) is 13.3 Å². The van der Waals surface area contributed by atoms with Gasteiger partial charge in [0.25, 0.3) is 0 Å². The Balaban J connectivity index is 3.50. The van der Waals surface area contributed by atoms with Crippen LogP contribution in [0.5, 0.6) is 0 Å². The lowest BCUT2D eigenvalue weighted by molar-refractivity contribution is -0.122. The number of amides is 1. The van der Waals surface area contributed by atoms with Crippen molar-refractivity contribution in [3.63, 3.8) is 0 Å². The molecule has 1 amide bonds. The van der Waals surface area contributed by atoms with Gasteiger partial charge in [0.15, 0.2) is 0 Å². The summed E-state index contributed by atoms with van der Waals surface area (Å²) in [6, 6.07) is -0.153. The van der Waals surface area contributed by atoms with Crippen LogP contribution in [0.4, 0.5) is 0 Å². The molecule has 0 heterocycles. The zero-order valence-electron chi connectivity index (χ0n) is 9.10. The van der Waals surface area contributed by atoms with Gasteiger partial charge in [0.1, 0.15) is 0 Å². The predicted molar refractivity (Wildman–Crippen MR) is 58.8 cm³/mol. The molecule has 0 radical (unpaired) electrons. The summed E-state index contributed by atoms with van der Waals surface area (Å²) in [5.41, 5.74) is 0. The third kappa shape index (κ3) is 6.50. The van der Waals surface area contributed by atoms with Crippen molar-refractivity contribution in [1.82, 2.24) is 10.6 Å². The molecule has 0 spiro atoms. The van der Waals surface area contributed by atoms with Crippen LogP contribution in [0.25, 0.3) is 0 Å². The number of hydrogen-bond donors (Lipinski definition) is 2. The Hall–Kier alpha value is -1.01. The molecule has 80 valence electrons. The molecule has 0 fully saturated rings. The van der Waals surface area contributed by atoms with E-state index in [4.69, 9.17) is 6.42 Å². The zero-order valence-corrected chi connectivity index (χ0v) is 9.10. The number of unbranched alkanes of at least 4 members (excludes halogenated alkanes) is 1. The Bertz CT molecular complexity index is 196. The Kier molecular flexibility index (Phi) is 7.96. The van der Waals surface area contributed by atoms with Crippen LogP contribution in [0.3, 0.4) is 0 Å². The van der Waals surface area contributed by atoms with Crippen molar-refractivity contribution < 1.29 is 4.79 Å². The molecule has 0 saturated heterocycles. The highest BCUT2D eigenvalue weighted by Crippen LogP contribution is 1.86. The minimum Gasteiger partial charge on any atom is -0.355 e. The average Bonchev–Trinajstić information content (AvgIpc) is 2.18. The first-order valence-corrected chi connectivity index (χ1v) is 5.17. The summed E-state index contributed by atoms with van der Waals surface area (Å²) in [5.74, 6) is 2.57. The van der Waals surface area contributed by atoms with Crippen molar-refractivity contribution in [2.24, 2.45) is 0 Å². The first-order chi connectivity index (χ1) is 6.72. The van der Waals surface area contributed by atoms with Crippen molar-refractivity contribution in [2.45, 2.75) is 39.2 Å². The van der Waals surface area contributed by atoms with Crippen molar-refractivity contribution in [2.75, 3.05) is 13.1 Å². The maximum atomic E-state index is 11.4. The first kappa shape index (κ1) is 13.0. The second-order valence-corrected chi connectivity index (χ2v) is 3.27. The monoisotopic (exact) mass is 196 g/mol. The van der Waals surface area contributed by atoms with Crippen LogP contribution in [0.2, 0.25) is 0 Å². The molecular weight excluding hydrogens is 176 g/mol. The standard InChI is InChI=1S/C11H20N2O/c1-4-6-8-12-10(3)11(14)13-9-7-5-2/h1,10,12H,5-9H2,2-3H3,(H,13,14). The van der Waals surface area contributed by atoms with Gasteiger partial charge in [-0.15, -0.1) is 12.3 Å². The van der Waals surface area contributed by atoms with Crippen LogP contribution in [-0.4, -0.2) is 25.0 Å². The van der Waals surface area contributed by atoms with Crippen LogP contribution in [0.1, 0.15) is 33.1 Å². The van der Waals surface area contributed by atoms with E-state index in [0.717, 1.165) is 19.4 Å². The smallest absolute Gasteiger partial charge is 0.236 e. The minimum absolute atomic E-state index is 0.0514. The summed E-state index contributed by atoms with van der Waals surface area (Å²) < 4.78 is 0. The lowest BCUT2D eigenvalue weighted by Crippen LogP contribution is -2.42. The number of terminal acetylenes is 1. The van der Waals surface area contributed by atoms with Gasteiger partial charge in [-0.3, -0.25) is 4.79 Å². The van der Waals surface area contributed by atoms with Crippen LogP contribution in [0, 0.1) is 12.3 Å². The molecule has 0 aliphatic rings. The third-order valence-electron chi connectivity index (χ3n) is 1.94. The molecule has 14 heavy (non-hydrogen) atoms. The fraction of sp³-hybridized carbons (Fsp3) is 0.727. The minimum atomic E-state index is -0.153. The quantitative estimate of drug-likeness (QED) is 0.469. The van der Waals surface area contributed by atoms with E-state index in [-0.39, 0.29) is 11.9 Å². The van der Waals surface area contributed by atoms with E-state index < -0.39 is 0 Å². The van der Waals surface area contributed by atoms with Crippen molar-refractivity contribution in [3.05, 3.63) is 0 Å². The van der Waals surface area contributed by atoms with Gasteiger partial charge in [0.05, 0.1) is 6.04 Å². The first-order valence-electron chi connectivity index (χ1n) is 5.17. The van der Waals surface area contributed by atoms with Crippen molar-refractivity contribution in [1.29, 1.82) is 0 Å². The van der Waals surface area contributed by atoms with E-state index in [1.54, 1.807) is 0 Å². The van der Waals surface area contributed by atoms with Crippen LogP contribution < -0.4 is 10.6 Å². The molecule has 0 aliphatic carbocycles. The maximum Gasteiger partial charge on any atom is 0.236 e. The highest BCUT2D eigenvalue weighted by molar-refractivity contribution is 5.81. The maximum absolute atomic E-state index is 11.4. The average molecular weight is 196 g/mol. The van der Waals surface area contributed by atoms with Crippen LogP contribution in [-0.2, 0) is 4.79 Å². The van der Waals surface area contributed by atoms with Gasteiger partial charge in [0, 0.05) is 19.5 Å². The second-order valence-electron chi connectivity index (χ2n) is 3.27. The second kappa shape index (κ2) is 8.58. The number of carbonyl (C=O) groups is 1. The molecule has 0 bridgehead atoms. The Morgan fingerprint density at radius 1 is 1.50 bits per heavy atom. The molecule has 1 atom stereocenters. The lowest BCUT2D eigenvalue weighted by Gasteiger charge is -2.12. The van der Waals surface area contributed by atoms with E-state index in [9.17, 15) is 4.79 Å². The SMILES string of the molecule is C#CCCNC(C)C(=O)NCCCC. The summed E-state index contributed by atoms with van der Waals surface area (Å²) in [6.07, 6.45) is 7.88. The highest BCUT2D eigenvalue weighted by atomic mass is 16.2. The Labute approximate surface area is 86.6 Å². The van der Waals surface area contributed by atoms with Crippen molar-refractivity contribution in [3.8, 4) is 12.3 Å². The molecule has 3 nitrogen and oxygen atoms in total.